The molecule has 0 aliphatic carbocycles. The van der Waals surface area contributed by atoms with Gasteiger partial charge in [-0.05, 0) is 37.1 Å². The monoisotopic (exact) mass is 253 g/mol. The van der Waals surface area contributed by atoms with E-state index in [1.807, 2.05) is 29.2 Å². The minimum Gasteiger partial charge on any atom is -0.480 e. The molecule has 1 atom stereocenters. The third-order valence-corrected chi connectivity index (χ3v) is 3.45. The van der Waals surface area contributed by atoms with Crippen LogP contribution in [0.25, 0.3) is 0 Å². The quantitative estimate of drug-likeness (QED) is 0.901. The molecular weight excluding hydrogens is 238 g/mol. The van der Waals surface area contributed by atoms with Gasteiger partial charge in [0.25, 0.3) is 0 Å². The van der Waals surface area contributed by atoms with Crippen molar-refractivity contribution in [2.75, 3.05) is 6.54 Å². The number of rotatable bonds is 3. The maximum absolute atomic E-state index is 11.1. The lowest BCUT2D eigenvalue weighted by Crippen LogP contribution is -2.43. The average Bonchev–Trinajstić information content (AvgIpc) is 2.32. The first-order valence-electron chi connectivity index (χ1n) is 5.88. The van der Waals surface area contributed by atoms with Crippen LogP contribution in [-0.2, 0) is 11.3 Å². The number of halogens is 1. The summed E-state index contributed by atoms with van der Waals surface area (Å²) < 4.78 is 0. The molecule has 1 unspecified atom stereocenters. The molecule has 1 heterocycles. The molecule has 1 aromatic carbocycles. The number of likely N-dealkylation sites (tertiary alicyclic amines) is 1. The Morgan fingerprint density at radius 2 is 2.06 bits per heavy atom. The number of piperidine rings is 1. The van der Waals surface area contributed by atoms with Crippen LogP contribution in [0, 0.1) is 0 Å². The van der Waals surface area contributed by atoms with Gasteiger partial charge in [-0.3, -0.25) is 9.69 Å². The van der Waals surface area contributed by atoms with Crippen LogP contribution in [0.3, 0.4) is 0 Å². The molecule has 3 nitrogen and oxygen atoms in total. The molecule has 0 bridgehead atoms. The van der Waals surface area contributed by atoms with E-state index in [4.69, 9.17) is 16.7 Å². The molecule has 2 rings (SSSR count). The number of carbonyl (C=O) groups is 1. The van der Waals surface area contributed by atoms with Gasteiger partial charge in [-0.25, -0.2) is 0 Å². The van der Waals surface area contributed by atoms with Crippen LogP contribution in [-0.4, -0.2) is 28.6 Å². The predicted molar refractivity (Wildman–Crippen MR) is 67.1 cm³/mol. The summed E-state index contributed by atoms with van der Waals surface area (Å²) in [7, 11) is 0. The number of hydrogen-bond donors (Lipinski definition) is 1. The number of benzene rings is 1. The minimum absolute atomic E-state index is 0.334. The summed E-state index contributed by atoms with van der Waals surface area (Å²) in [5.74, 6) is -0.710. The molecule has 0 spiro atoms. The molecule has 1 fully saturated rings. The Morgan fingerprint density at radius 1 is 1.35 bits per heavy atom. The first-order valence-corrected chi connectivity index (χ1v) is 6.26. The van der Waals surface area contributed by atoms with Gasteiger partial charge in [0, 0.05) is 11.6 Å². The molecule has 0 radical (unpaired) electrons. The summed E-state index contributed by atoms with van der Waals surface area (Å²) in [6, 6.07) is 7.26. The fourth-order valence-electron chi connectivity index (χ4n) is 2.28. The molecular formula is C13H16ClNO2. The molecule has 1 aliphatic heterocycles. The van der Waals surface area contributed by atoms with Crippen molar-refractivity contribution in [3.8, 4) is 0 Å². The Hall–Kier alpha value is -1.06. The van der Waals surface area contributed by atoms with E-state index in [1.54, 1.807) is 0 Å². The van der Waals surface area contributed by atoms with Crippen molar-refractivity contribution in [2.24, 2.45) is 0 Å². The molecule has 1 saturated heterocycles. The van der Waals surface area contributed by atoms with Crippen LogP contribution in [0.5, 0.6) is 0 Å². The lowest BCUT2D eigenvalue weighted by atomic mass is 10.0. The van der Waals surface area contributed by atoms with Crippen molar-refractivity contribution in [1.29, 1.82) is 0 Å². The maximum atomic E-state index is 11.1. The smallest absolute Gasteiger partial charge is 0.320 e. The Balaban J connectivity index is 2.05. The van der Waals surface area contributed by atoms with Gasteiger partial charge in [-0.1, -0.05) is 30.2 Å². The van der Waals surface area contributed by atoms with E-state index >= 15 is 0 Å². The lowest BCUT2D eigenvalue weighted by molar-refractivity contribution is -0.144. The minimum atomic E-state index is -0.710. The summed E-state index contributed by atoms with van der Waals surface area (Å²) in [6.45, 7) is 1.55. The number of carboxylic acid groups (broad SMARTS) is 1. The highest BCUT2D eigenvalue weighted by molar-refractivity contribution is 6.30. The Morgan fingerprint density at radius 3 is 2.71 bits per heavy atom. The number of aliphatic carboxylic acids is 1. The van der Waals surface area contributed by atoms with Gasteiger partial charge < -0.3 is 5.11 Å². The SMILES string of the molecule is O=C(O)C1CCCCN1Cc1ccc(Cl)cc1. The highest BCUT2D eigenvalue weighted by Crippen LogP contribution is 2.20. The van der Waals surface area contributed by atoms with Gasteiger partial charge in [0.05, 0.1) is 0 Å². The van der Waals surface area contributed by atoms with Crippen LogP contribution < -0.4 is 0 Å². The second-order valence-electron chi connectivity index (χ2n) is 4.45. The molecule has 17 heavy (non-hydrogen) atoms. The van der Waals surface area contributed by atoms with Crippen LogP contribution in [0.4, 0.5) is 0 Å². The molecule has 0 saturated carbocycles. The molecule has 0 amide bonds. The predicted octanol–water partition coefficient (Wildman–Crippen LogP) is 2.78. The average molecular weight is 254 g/mol. The fraction of sp³-hybridized carbons (Fsp3) is 0.462. The molecule has 0 aromatic heterocycles. The van der Waals surface area contributed by atoms with Gasteiger partial charge in [0.1, 0.15) is 6.04 Å². The number of nitrogens with zero attached hydrogens (tertiary/aromatic N) is 1. The third kappa shape index (κ3) is 3.20. The summed E-state index contributed by atoms with van der Waals surface area (Å²) in [4.78, 5) is 13.2. The van der Waals surface area contributed by atoms with Crippen LogP contribution >= 0.6 is 11.6 Å². The van der Waals surface area contributed by atoms with Crippen LogP contribution in [0.15, 0.2) is 24.3 Å². The van der Waals surface area contributed by atoms with E-state index in [0.717, 1.165) is 31.4 Å². The van der Waals surface area contributed by atoms with Gasteiger partial charge in [-0.15, -0.1) is 0 Å². The third-order valence-electron chi connectivity index (χ3n) is 3.20. The van der Waals surface area contributed by atoms with Gasteiger partial charge in [0.2, 0.25) is 0 Å². The van der Waals surface area contributed by atoms with Crippen LogP contribution in [0.1, 0.15) is 24.8 Å². The summed E-state index contributed by atoms with van der Waals surface area (Å²) in [5.41, 5.74) is 1.11. The standard InChI is InChI=1S/C13H16ClNO2/c14-11-6-4-10(5-7-11)9-15-8-2-1-3-12(15)13(16)17/h4-7,12H,1-3,8-9H2,(H,16,17). The number of carboxylic acids is 1. The van der Waals surface area contributed by atoms with Crippen molar-refractivity contribution >= 4 is 17.6 Å². The van der Waals surface area contributed by atoms with E-state index in [9.17, 15) is 4.79 Å². The zero-order valence-corrected chi connectivity index (χ0v) is 10.4. The van der Waals surface area contributed by atoms with E-state index in [2.05, 4.69) is 0 Å². The largest absolute Gasteiger partial charge is 0.480 e. The molecule has 4 heteroatoms. The second kappa shape index (κ2) is 5.52. The zero-order valence-electron chi connectivity index (χ0n) is 9.60. The van der Waals surface area contributed by atoms with E-state index in [0.29, 0.717) is 11.6 Å². The molecule has 1 N–H and O–H groups in total. The van der Waals surface area contributed by atoms with E-state index < -0.39 is 5.97 Å². The van der Waals surface area contributed by atoms with Crippen LogP contribution in [0.2, 0.25) is 5.02 Å². The molecule has 92 valence electrons. The second-order valence-corrected chi connectivity index (χ2v) is 4.88. The van der Waals surface area contributed by atoms with Gasteiger partial charge >= 0.3 is 5.97 Å². The first-order chi connectivity index (χ1) is 8.16. The van der Waals surface area contributed by atoms with E-state index in [1.165, 1.54) is 0 Å². The number of hydrogen-bond acceptors (Lipinski definition) is 2. The zero-order chi connectivity index (χ0) is 12.3. The molecule has 1 aliphatic rings. The summed E-state index contributed by atoms with van der Waals surface area (Å²) in [5, 5.41) is 9.88. The van der Waals surface area contributed by atoms with Crippen molar-refractivity contribution < 1.29 is 9.90 Å². The van der Waals surface area contributed by atoms with Gasteiger partial charge in [-0.2, -0.15) is 0 Å². The molecule has 1 aromatic rings. The highest BCUT2D eigenvalue weighted by atomic mass is 35.5. The normalized spacial score (nSPS) is 21.4. The summed E-state index contributed by atoms with van der Waals surface area (Å²) >= 11 is 5.83. The Labute approximate surface area is 106 Å². The lowest BCUT2D eigenvalue weighted by Gasteiger charge is -2.32. The van der Waals surface area contributed by atoms with Crippen molar-refractivity contribution in [2.45, 2.75) is 31.8 Å². The maximum Gasteiger partial charge on any atom is 0.320 e. The van der Waals surface area contributed by atoms with Crippen molar-refractivity contribution in [3.05, 3.63) is 34.9 Å². The first kappa shape index (κ1) is 12.4. The highest BCUT2D eigenvalue weighted by Gasteiger charge is 2.27. The van der Waals surface area contributed by atoms with E-state index in [-0.39, 0.29) is 6.04 Å². The van der Waals surface area contributed by atoms with Gasteiger partial charge in [0.15, 0.2) is 0 Å². The summed E-state index contributed by atoms with van der Waals surface area (Å²) in [6.07, 6.45) is 2.84. The topological polar surface area (TPSA) is 40.5 Å². The van der Waals surface area contributed by atoms with Crippen molar-refractivity contribution in [1.82, 2.24) is 4.90 Å². The fourth-order valence-corrected chi connectivity index (χ4v) is 2.41. The Bertz CT molecular complexity index is 391. The Kier molecular flexibility index (Phi) is 4.02. The van der Waals surface area contributed by atoms with Crippen molar-refractivity contribution in [3.63, 3.8) is 0 Å².